The van der Waals surface area contributed by atoms with E-state index in [0.717, 1.165) is 32.9 Å². The van der Waals surface area contributed by atoms with Gasteiger partial charge in [-0.05, 0) is 63.9 Å². The van der Waals surface area contributed by atoms with Gasteiger partial charge in [0.15, 0.2) is 34.0 Å². The molecule has 2 aromatic carbocycles. The van der Waals surface area contributed by atoms with E-state index in [9.17, 15) is 0 Å². The van der Waals surface area contributed by atoms with Crippen molar-refractivity contribution in [1.29, 1.82) is 0 Å². The number of hydrogen-bond donors (Lipinski definition) is 1. The zero-order chi connectivity index (χ0) is 22.9. The number of aromatic nitrogens is 4. The summed E-state index contributed by atoms with van der Waals surface area (Å²) in [6, 6.07) is 9.61. The van der Waals surface area contributed by atoms with Crippen molar-refractivity contribution in [3.05, 3.63) is 46.7 Å². The van der Waals surface area contributed by atoms with Crippen LogP contribution in [-0.2, 0) is 13.0 Å². The number of aryl methyl sites for hydroxylation is 2. The molecule has 3 aliphatic rings. The van der Waals surface area contributed by atoms with E-state index in [1.807, 2.05) is 34.9 Å². The highest BCUT2D eigenvalue weighted by molar-refractivity contribution is 9.10. The molecule has 170 valence electrons. The number of nitrogens with zero attached hydrogens (tertiary/aromatic N) is 4. The van der Waals surface area contributed by atoms with Gasteiger partial charge in [-0.1, -0.05) is 0 Å². The molecule has 33 heavy (non-hydrogen) atoms. The Morgan fingerprint density at radius 3 is 2.52 bits per heavy atom. The van der Waals surface area contributed by atoms with E-state index in [1.54, 1.807) is 20.5 Å². The molecule has 0 radical (unpaired) electrons. The molecule has 5 rings (SSSR count). The standard InChI is InChI=1S/C22H20BrN5O4S/c1-29-13-5-12(6-14(7-13)30-2)3-4-28-10-25-20(24)19-21(28)27-22(26-19)33-18-9-17-16(8-15(18)23)31-11-32-17/h5-10H,3-4,11,24H2,1-2H3. The smallest absolute Gasteiger partial charge is 0.231 e. The Hall–Kier alpha value is -3.18. The predicted octanol–water partition coefficient (Wildman–Crippen LogP) is 4.26. The molecule has 3 heterocycles. The Bertz CT molecular complexity index is 1280. The molecule has 2 aromatic rings. The molecule has 0 saturated heterocycles. The zero-order valence-corrected chi connectivity index (χ0v) is 20.3. The second kappa shape index (κ2) is 8.99. The molecule has 0 bridgehead atoms. The van der Waals surface area contributed by atoms with Gasteiger partial charge in [0, 0.05) is 22.0 Å². The molecule has 11 heteroatoms. The molecular weight excluding hydrogens is 510 g/mol. The number of halogens is 1. The Labute approximate surface area is 202 Å². The Kier molecular flexibility index (Phi) is 5.90. The number of ether oxygens (including phenoxy) is 4. The van der Waals surface area contributed by atoms with Crippen LogP contribution in [0.25, 0.3) is 11.5 Å². The van der Waals surface area contributed by atoms with Gasteiger partial charge in [0.05, 0.1) is 20.5 Å². The molecule has 0 unspecified atom stereocenters. The van der Waals surface area contributed by atoms with Crippen LogP contribution < -0.4 is 24.7 Å². The summed E-state index contributed by atoms with van der Waals surface area (Å²) < 4.78 is 24.5. The number of methoxy groups -OCH3 is 2. The highest BCUT2D eigenvalue weighted by atomic mass is 79.9. The van der Waals surface area contributed by atoms with Crippen LogP contribution in [0.1, 0.15) is 5.56 Å². The van der Waals surface area contributed by atoms with Crippen LogP contribution in [0.2, 0.25) is 0 Å². The average Bonchev–Trinajstić information content (AvgIpc) is 3.46. The maximum absolute atomic E-state index is 6.10. The summed E-state index contributed by atoms with van der Waals surface area (Å²) >= 11 is 4.99. The van der Waals surface area contributed by atoms with Crippen molar-refractivity contribution in [3.63, 3.8) is 0 Å². The lowest BCUT2D eigenvalue weighted by Crippen LogP contribution is -2.10. The molecule has 0 saturated carbocycles. The number of hydrogen-bond acceptors (Lipinski definition) is 9. The van der Waals surface area contributed by atoms with Gasteiger partial charge >= 0.3 is 0 Å². The summed E-state index contributed by atoms with van der Waals surface area (Å²) in [5, 5.41) is 0.570. The Balaban J connectivity index is 1.41. The van der Waals surface area contributed by atoms with E-state index >= 15 is 0 Å². The average molecular weight is 530 g/mol. The molecule has 0 spiro atoms. The van der Waals surface area contributed by atoms with Crippen LogP contribution in [0.3, 0.4) is 0 Å². The normalized spacial score (nSPS) is 12.3. The summed E-state index contributed by atoms with van der Waals surface area (Å²) in [5.74, 6) is 3.92. The highest BCUT2D eigenvalue weighted by Gasteiger charge is 2.22. The quantitative estimate of drug-likeness (QED) is 0.375. The largest absolute Gasteiger partial charge is 0.497 e. The first kappa shape index (κ1) is 21.7. The molecule has 0 aromatic heterocycles. The fourth-order valence-electron chi connectivity index (χ4n) is 3.48. The van der Waals surface area contributed by atoms with Crippen molar-refractivity contribution in [2.45, 2.75) is 23.0 Å². The van der Waals surface area contributed by atoms with E-state index in [4.69, 9.17) is 29.7 Å². The lowest BCUT2D eigenvalue weighted by molar-refractivity contribution is 0.174. The fraction of sp³-hybridized carbons (Fsp3) is 0.227. The molecule has 0 aliphatic carbocycles. The van der Waals surface area contributed by atoms with Crippen molar-refractivity contribution >= 4 is 33.5 Å². The Morgan fingerprint density at radius 1 is 1.06 bits per heavy atom. The van der Waals surface area contributed by atoms with E-state index in [1.165, 1.54) is 11.8 Å². The third-order valence-corrected chi connectivity index (χ3v) is 6.99. The zero-order valence-electron chi connectivity index (χ0n) is 17.9. The minimum atomic E-state index is 0.216. The van der Waals surface area contributed by atoms with Crippen LogP contribution in [-0.4, -0.2) is 40.5 Å². The number of benzene rings is 2. The van der Waals surface area contributed by atoms with Crippen molar-refractivity contribution < 1.29 is 18.9 Å². The molecule has 9 nitrogen and oxygen atoms in total. The maximum Gasteiger partial charge on any atom is 0.231 e. The lowest BCUT2D eigenvalue weighted by Gasteiger charge is -2.12. The van der Waals surface area contributed by atoms with Crippen LogP contribution in [0.15, 0.2) is 51.2 Å². The first-order chi connectivity index (χ1) is 16.0. The van der Waals surface area contributed by atoms with E-state index in [0.29, 0.717) is 40.5 Å². The van der Waals surface area contributed by atoms with E-state index < -0.39 is 0 Å². The van der Waals surface area contributed by atoms with Crippen molar-refractivity contribution in [1.82, 2.24) is 19.5 Å². The predicted molar refractivity (Wildman–Crippen MR) is 126 cm³/mol. The van der Waals surface area contributed by atoms with Gasteiger partial charge < -0.3 is 29.2 Å². The minimum Gasteiger partial charge on any atom is -0.497 e. The van der Waals surface area contributed by atoms with Gasteiger partial charge in [0.1, 0.15) is 11.5 Å². The van der Waals surface area contributed by atoms with E-state index in [-0.39, 0.29) is 6.79 Å². The van der Waals surface area contributed by atoms with Crippen molar-refractivity contribution in [3.8, 4) is 34.5 Å². The van der Waals surface area contributed by atoms with Crippen LogP contribution in [0.4, 0.5) is 5.82 Å². The third-order valence-electron chi connectivity index (χ3n) is 5.15. The summed E-state index contributed by atoms with van der Waals surface area (Å²) in [4.78, 5) is 14.6. The number of fused-ring (bicyclic) bond motifs is 2. The molecule has 0 fully saturated rings. The van der Waals surface area contributed by atoms with Gasteiger partial charge in [-0.25, -0.2) is 15.0 Å². The number of nitrogen functional groups attached to an aromatic ring is 1. The molecule has 0 atom stereocenters. The number of imidazole rings is 1. The SMILES string of the molecule is COc1cc(CCn2cnc(N)c3nc(Sc4cc5c(cc4Br)OCO5)nc2-3)cc(OC)c1. The summed E-state index contributed by atoms with van der Waals surface area (Å²) in [7, 11) is 3.27. The van der Waals surface area contributed by atoms with Gasteiger partial charge in [0.25, 0.3) is 0 Å². The van der Waals surface area contributed by atoms with Crippen LogP contribution >= 0.6 is 27.7 Å². The molecule has 2 N–H and O–H groups in total. The molecule has 0 amide bonds. The molecule has 3 aliphatic heterocycles. The number of nitrogens with two attached hydrogens (primary N) is 1. The summed E-state index contributed by atoms with van der Waals surface area (Å²) in [5.41, 5.74) is 7.74. The topological polar surface area (TPSA) is 107 Å². The van der Waals surface area contributed by atoms with Crippen molar-refractivity contribution in [2.75, 3.05) is 26.7 Å². The first-order valence-corrected chi connectivity index (χ1v) is 11.6. The highest BCUT2D eigenvalue weighted by Crippen LogP contribution is 2.43. The first-order valence-electron chi connectivity index (χ1n) is 10.0. The lowest BCUT2D eigenvalue weighted by atomic mass is 10.1. The van der Waals surface area contributed by atoms with Gasteiger partial charge in [-0.15, -0.1) is 0 Å². The summed E-state index contributed by atoms with van der Waals surface area (Å²) in [6.45, 7) is 0.852. The van der Waals surface area contributed by atoms with Gasteiger partial charge in [-0.2, -0.15) is 0 Å². The third kappa shape index (κ3) is 4.38. The second-order valence-electron chi connectivity index (χ2n) is 7.21. The maximum atomic E-state index is 6.10. The number of anilines is 1. The van der Waals surface area contributed by atoms with Crippen LogP contribution in [0.5, 0.6) is 23.0 Å². The Morgan fingerprint density at radius 2 is 1.79 bits per heavy atom. The monoisotopic (exact) mass is 529 g/mol. The number of rotatable bonds is 7. The van der Waals surface area contributed by atoms with Gasteiger partial charge in [-0.3, -0.25) is 0 Å². The van der Waals surface area contributed by atoms with Crippen LogP contribution in [0, 0.1) is 0 Å². The molecular formula is C22H20BrN5O4S. The minimum absolute atomic E-state index is 0.216. The van der Waals surface area contributed by atoms with E-state index in [2.05, 4.69) is 25.9 Å². The second-order valence-corrected chi connectivity index (χ2v) is 9.07. The fourth-order valence-corrected chi connectivity index (χ4v) is 4.83. The summed E-state index contributed by atoms with van der Waals surface area (Å²) in [6.07, 6.45) is 2.41. The van der Waals surface area contributed by atoms with Gasteiger partial charge in [0.2, 0.25) is 6.79 Å². The van der Waals surface area contributed by atoms with Crippen molar-refractivity contribution in [2.24, 2.45) is 0 Å².